The Labute approximate surface area is 67.2 Å². The number of hydrogen-bond acceptors (Lipinski definition) is 2. The molecule has 0 aromatic heterocycles. The van der Waals surface area contributed by atoms with Crippen molar-refractivity contribution in [3.63, 3.8) is 0 Å². The first kappa shape index (κ1) is 8.31. The predicted octanol–water partition coefficient (Wildman–Crippen LogP) is 2.05. The molecule has 2 nitrogen and oxygen atoms in total. The highest BCUT2D eigenvalue weighted by Gasteiger charge is 2.20. The minimum absolute atomic E-state index is 0.00523. The Bertz CT molecular complexity index is 182. The molecule has 2 heteroatoms. The molecule has 0 bridgehead atoms. The van der Waals surface area contributed by atoms with Crippen molar-refractivity contribution in [3.05, 3.63) is 11.6 Å². The van der Waals surface area contributed by atoms with Crippen LogP contribution in [0.2, 0.25) is 0 Å². The number of carbonyl (C=O) groups is 1. The minimum atomic E-state index is -0.119. The molecule has 0 aromatic rings. The summed E-state index contributed by atoms with van der Waals surface area (Å²) < 4.78 is 4.94. The van der Waals surface area contributed by atoms with E-state index in [9.17, 15) is 4.79 Å². The van der Waals surface area contributed by atoms with Gasteiger partial charge in [-0.25, -0.2) is 4.79 Å². The number of rotatable bonds is 3. The molecule has 0 aromatic carbocycles. The summed E-state index contributed by atoms with van der Waals surface area (Å²) in [7, 11) is 0. The molecular formula is C9H14O2. The standard InChI is InChI=1S/C9H14O2/c1-3-4-5-8-6-7(2)11-9(8)10/h6-7H,3-5H2,1-2H3. The number of carbonyl (C=O) groups excluding carboxylic acids is 1. The summed E-state index contributed by atoms with van der Waals surface area (Å²) in [6.07, 6.45) is 4.99. The van der Waals surface area contributed by atoms with E-state index in [1.165, 1.54) is 0 Å². The van der Waals surface area contributed by atoms with E-state index < -0.39 is 0 Å². The third kappa shape index (κ3) is 2.07. The molecule has 1 aliphatic rings. The molecule has 1 unspecified atom stereocenters. The minimum Gasteiger partial charge on any atom is -0.455 e. The molecule has 0 saturated carbocycles. The fraction of sp³-hybridized carbons (Fsp3) is 0.667. The van der Waals surface area contributed by atoms with Gasteiger partial charge in [-0.05, 0) is 25.8 Å². The van der Waals surface area contributed by atoms with Crippen molar-refractivity contribution >= 4 is 5.97 Å². The van der Waals surface area contributed by atoms with Crippen molar-refractivity contribution in [2.75, 3.05) is 0 Å². The number of esters is 1. The Morgan fingerprint density at radius 3 is 2.82 bits per heavy atom. The van der Waals surface area contributed by atoms with Crippen LogP contribution in [0.3, 0.4) is 0 Å². The summed E-state index contributed by atoms with van der Waals surface area (Å²) in [6.45, 7) is 4.00. The van der Waals surface area contributed by atoms with Crippen molar-refractivity contribution in [3.8, 4) is 0 Å². The second-order valence-corrected chi connectivity index (χ2v) is 2.91. The van der Waals surface area contributed by atoms with Crippen molar-refractivity contribution < 1.29 is 9.53 Å². The van der Waals surface area contributed by atoms with Gasteiger partial charge < -0.3 is 4.74 Å². The zero-order valence-electron chi connectivity index (χ0n) is 7.09. The van der Waals surface area contributed by atoms with Gasteiger partial charge in [-0.15, -0.1) is 0 Å². The quantitative estimate of drug-likeness (QED) is 0.581. The third-order valence-corrected chi connectivity index (χ3v) is 1.79. The first-order chi connectivity index (χ1) is 5.24. The smallest absolute Gasteiger partial charge is 0.334 e. The molecule has 0 aliphatic carbocycles. The Morgan fingerprint density at radius 1 is 1.64 bits per heavy atom. The molecule has 62 valence electrons. The summed E-state index contributed by atoms with van der Waals surface area (Å²) in [6, 6.07) is 0. The summed E-state index contributed by atoms with van der Waals surface area (Å²) >= 11 is 0. The second kappa shape index (κ2) is 3.56. The van der Waals surface area contributed by atoms with Gasteiger partial charge in [-0.3, -0.25) is 0 Å². The van der Waals surface area contributed by atoms with Gasteiger partial charge in [-0.1, -0.05) is 13.3 Å². The van der Waals surface area contributed by atoms with E-state index in [1.54, 1.807) is 0 Å². The van der Waals surface area contributed by atoms with Gasteiger partial charge in [0.2, 0.25) is 0 Å². The van der Waals surface area contributed by atoms with Crippen LogP contribution >= 0.6 is 0 Å². The molecule has 1 rings (SSSR count). The highest BCUT2D eigenvalue weighted by molar-refractivity contribution is 5.90. The van der Waals surface area contributed by atoms with Crippen LogP contribution in [0.4, 0.5) is 0 Å². The van der Waals surface area contributed by atoms with Crippen molar-refractivity contribution in [1.29, 1.82) is 0 Å². The maximum Gasteiger partial charge on any atom is 0.334 e. The highest BCUT2D eigenvalue weighted by atomic mass is 16.5. The van der Waals surface area contributed by atoms with Crippen LogP contribution in [0.15, 0.2) is 11.6 Å². The van der Waals surface area contributed by atoms with Gasteiger partial charge in [0.25, 0.3) is 0 Å². The Morgan fingerprint density at radius 2 is 2.36 bits per heavy atom. The van der Waals surface area contributed by atoms with Crippen LogP contribution in [0.25, 0.3) is 0 Å². The molecule has 0 fully saturated rings. The van der Waals surface area contributed by atoms with Gasteiger partial charge in [0.1, 0.15) is 6.10 Å². The van der Waals surface area contributed by atoms with Crippen molar-refractivity contribution in [1.82, 2.24) is 0 Å². The molecule has 1 aliphatic heterocycles. The zero-order valence-corrected chi connectivity index (χ0v) is 7.09. The summed E-state index contributed by atoms with van der Waals surface area (Å²) in [5.41, 5.74) is 0.861. The summed E-state index contributed by atoms with van der Waals surface area (Å²) in [5.74, 6) is -0.119. The average molecular weight is 154 g/mol. The molecule has 0 saturated heterocycles. The van der Waals surface area contributed by atoms with E-state index in [0.29, 0.717) is 0 Å². The largest absolute Gasteiger partial charge is 0.455 e. The molecule has 0 amide bonds. The van der Waals surface area contributed by atoms with Gasteiger partial charge in [-0.2, -0.15) is 0 Å². The topological polar surface area (TPSA) is 26.3 Å². The van der Waals surface area contributed by atoms with E-state index >= 15 is 0 Å². The molecule has 1 heterocycles. The lowest BCUT2D eigenvalue weighted by Crippen LogP contribution is -2.03. The fourth-order valence-corrected chi connectivity index (χ4v) is 1.18. The van der Waals surface area contributed by atoms with E-state index in [1.807, 2.05) is 13.0 Å². The van der Waals surface area contributed by atoms with E-state index in [4.69, 9.17) is 4.74 Å². The van der Waals surface area contributed by atoms with E-state index in [-0.39, 0.29) is 12.1 Å². The SMILES string of the molecule is CCCCC1=CC(C)OC1=O. The van der Waals surface area contributed by atoms with E-state index in [0.717, 1.165) is 24.8 Å². The fourth-order valence-electron chi connectivity index (χ4n) is 1.18. The average Bonchev–Trinajstić information content (AvgIpc) is 2.26. The third-order valence-electron chi connectivity index (χ3n) is 1.79. The Hall–Kier alpha value is -0.790. The summed E-state index contributed by atoms with van der Waals surface area (Å²) in [4.78, 5) is 11.0. The molecule has 11 heavy (non-hydrogen) atoms. The predicted molar refractivity (Wildman–Crippen MR) is 43.2 cm³/mol. The first-order valence-corrected chi connectivity index (χ1v) is 4.15. The van der Waals surface area contributed by atoms with Gasteiger partial charge in [0.05, 0.1) is 0 Å². The lowest BCUT2D eigenvalue weighted by Gasteiger charge is -1.98. The monoisotopic (exact) mass is 154 g/mol. The number of hydrogen-bond donors (Lipinski definition) is 0. The lowest BCUT2D eigenvalue weighted by atomic mass is 10.1. The van der Waals surface area contributed by atoms with E-state index in [2.05, 4.69) is 6.92 Å². The molecule has 0 radical (unpaired) electrons. The van der Waals surface area contributed by atoms with Crippen molar-refractivity contribution in [2.24, 2.45) is 0 Å². The van der Waals surface area contributed by atoms with Gasteiger partial charge in [0.15, 0.2) is 0 Å². The molecule has 0 spiro atoms. The molecular weight excluding hydrogens is 140 g/mol. The Balaban J connectivity index is 2.43. The van der Waals surface area contributed by atoms with Crippen LogP contribution in [-0.2, 0) is 9.53 Å². The van der Waals surface area contributed by atoms with Crippen LogP contribution in [0, 0.1) is 0 Å². The van der Waals surface area contributed by atoms with Crippen molar-refractivity contribution in [2.45, 2.75) is 39.2 Å². The van der Waals surface area contributed by atoms with Gasteiger partial charge >= 0.3 is 5.97 Å². The second-order valence-electron chi connectivity index (χ2n) is 2.91. The van der Waals surface area contributed by atoms with Crippen LogP contribution < -0.4 is 0 Å². The first-order valence-electron chi connectivity index (χ1n) is 4.15. The molecule has 0 N–H and O–H groups in total. The van der Waals surface area contributed by atoms with Crippen LogP contribution in [0.1, 0.15) is 33.1 Å². The number of unbranched alkanes of at least 4 members (excludes halogenated alkanes) is 1. The van der Waals surface area contributed by atoms with Gasteiger partial charge in [0, 0.05) is 5.57 Å². The summed E-state index contributed by atoms with van der Waals surface area (Å²) in [5, 5.41) is 0. The van der Waals surface area contributed by atoms with Crippen LogP contribution in [0.5, 0.6) is 0 Å². The molecule has 1 atom stereocenters. The normalized spacial score (nSPS) is 23.3. The number of cyclic esters (lactones) is 1. The maximum absolute atomic E-state index is 11.0. The van der Waals surface area contributed by atoms with Crippen LogP contribution in [-0.4, -0.2) is 12.1 Å². The number of ether oxygens (including phenoxy) is 1. The highest BCUT2D eigenvalue weighted by Crippen LogP contribution is 2.18. The maximum atomic E-state index is 11.0. The lowest BCUT2D eigenvalue weighted by molar-refractivity contribution is -0.139. The zero-order chi connectivity index (χ0) is 8.27. The Kier molecular flexibility index (Phi) is 2.69.